The number of carbonyl (C=O) groups excluding carboxylic acids is 1. The number of methoxy groups -OCH3 is 1. The van der Waals surface area contributed by atoms with Crippen molar-refractivity contribution in [3.63, 3.8) is 0 Å². The maximum atomic E-state index is 11.6. The van der Waals surface area contributed by atoms with Crippen molar-refractivity contribution in [3.05, 3.63) is 24.3 Å². The Labute approximate surface area is 107 Å². The summed E-state index contributed by atoms with van der Waals surface area (Å²) in [6, 6.07) is -0.904. The smallest absolute Gasteiger partial charge is 0.410 e. The molecule has 1 aliphatic rings. The van der Waals surface area contributed by atoms with E-state index < -0.39 is 18.1 Å². The Balaban J connectivity index is 3.01. The average molecular weight is 253 g/mol. The van der Waals surface area contributed by atoms with Crippen LogP contribution in [0.5, 0.6) is 0 Å². The number of hydrogen-bond donors (Lipinski definition) is 1. The molecule has 100 valence electrons. The molecule has 18 heavy (non-hydrogen) atoms. The van der Waals surface area contributed by atoms with Gasteiger partial charge in [0.2, 0.25) is 0 Å². The molecule has 0 bridgehead atoms. The molecule has 0 aromatic heterocycles. The van der Waals surface area contributed by atoms with Crippen molar-refractivity contribution in [1.82, 2.24) is 4.90 Å². The summed E-state index contributed by atoms with van der Waals surface area (Å²) in [5.41, 5.74) is 0. The molecule has 0 saturated heterocycles. The van der Waals surface area contributed by atoms with Crippen LogP contribution in [0.15, 0.2) is 24.3 Å². The zero-order chi connectivity index (χ0) is 13.7. The van der Waals surface area contributed by atoms with Gasteiger partial charge in [-0.1, -0.05) is 31.2 Å². The molecule has 2 unspecified atom stereocenters. The normalized spacial score (nSPS) is 23.5. The van der Waals surface area contributed by atoms with Crippen LogP contribution in [0.3, 0.4) is 0 Å². The predicted octanol–water partition coefficient (Wildman–Crippen LogP) is 1.91. The zero-order valence-electron chi connectivity index (χ0n) is 10.9. The van der Waals surface area contributed by atoms with E-state index in [-0.39, 0.29) is 11.8 Å². The van der Waals surface area contributed by atoms with Gasteiger partial charge in [-0.25, -0.2) is 9.59 Å². The molecule has 1 N–H and O–H groups in total. The predicted molar refractivity (Wildman–Crippen MR) is 67.1 cm³/mol. The van der Waals surface area contributed by atoms with E-state index >= 15 is 0 Å². The highest BCUT2D eigenvalue weighted by atomic mass is 16.5. The number of likely N-dealkylation sites (N-methyl/N-ethyl adjacent to an activating group) is 1. The van der Waals surface area contributed by atoms with Crippen LogP contribution in [0.25, 0.3) is 0 Å². The Hall–Kier alpha value is -1.78. The van der Waals surface area contributed by atoms with Crippen LogP contribution in [-0.2, 0) is 9.53 Å². The molecule has 1 aliphatic carbocycles. The molecule has 5 heteroatoms. The number of aliphatic carboxylic acids is 1. The van der Waals surface area contributed by atoms with E-state index in [2.05, 4.69) is 4.74 Å². The Kier molecular flexibility index (Phi) is 4.95. The lowest BCUT2D eigenvalue weighted by atomic mass is 9.83. The molecule has 5 nitrogen and oxygen atoms in total. The highest BCUT2D eigenvalue weighted by Crippen LogP contribution is 2.26. The highest BCUT2D eigenvalue weighted by molar-refractivity contribution is 5.80. The van der Waals surface area contributed by atoms with Crippen molar-refractivity contribution >= 4 is 12.1 Å². The van der Waals surface area contributed by atoms with Crippen LogP contribution < -0.4 is 0 Å². The first kappa shape index (κ1) is 14.3. The van der Waals surface area contributed by atoms with E-state index in [0.29, 0.717) is 6.54 Å². The Morgan fingerprint density at radius 3 is 2.44 bits per heavy atom. The third-order valence-electron chi connectivity index (χ3n) is 3.17. The van der Waals surface area contributed by atoms with Crippen LogP contribution >= 0.6 is 0 Å². The summed E-state index contributed by atoms with van der Waals surface area (Å²) in [6.45, 7) is 3.97. The molecule has 1 amide bonds. The van der Waals surface area contributed by atoms with Gasteiger partial charge >= 0.3 is 12.1 Å². The number of carbonyl (C=O) groups is 2. The van der Waals surface area contributed by atoms with Crippen LogP contribution in [0.4, 0.5) is 4.79 Å². The van der Waals surface area contributed by atoms with E-state index in [4.69, 9.17) is 0 Å². The van der Waals surface area contributed by atoms with Gasteiger partial charge in [0.05, 0.1) is 7.11 Å². The number of amides is 1. The number of nitrogens with zero attached hydrogens (tertiary/aromatic N) is 1. The lowest BCUT2D eigenvalue weighted by molar-refractivity contribution is -0.144. The fourth-order valence-electron chi connectivity index (χ4n) is 2.19. The molecule has 3 atom stereocenters. The van der Waals surface area contributed by atoms with Crippen molar-refractivity contribution in [1.29, 1.82) is 0 Å². The minimum atomic E-state index is -1.01. The van der Waals surface area contributed by atoms with Crippen molar-refractivity contribution in [2.75, 3.05) is 13.7 Å². The third kappa shape index (κ3) is 2.91. The van der Waals surface area contributed by atoms with E-state index in [1.165, 1.54) is 12.0 Å². The lowest BCUT2D eigenvalue weighted by Crippen LogP contribution is -2.50. The van der Waals surface area contributed by atoms with Crippen LogP contribution in [0, 0.1) is 11.8 Å². The van der Waals surface area contributed by atoms with Crippen LogP contribution in [-0.4, -0.2) is 41.8 Å². The Bertz CT molecular complexity index is 375. The molecule has 0 fully saturated rings. The maximum Gasteiger partial charge on any atom is 0.410 e. The molecule has 0 radical (unpaired) electrons. The van der Waals surface area contributed by atoms with Gasteiger partial charge in [0.15, 0.2) is 0 Å². The Morgan fingerprint density at radius 1 is 1.39 bits per heavy atom. The number of rotatable bonds is 4. The van der Waals surface area contributed by atoms with Crippen molar-refractivity contribution in [3.8, 4) is 0 Å². The molecular weight excluding hydrogens is 234 g/mol. The molecule has 0 aromatic rings. The topological polar surface area (TPSA) is 66.8 Å². The van der Waals surface area contributed by atoms with Gasteiger partial charge in [0.1, 0.15) is 6.04 Å². The van der Waals surface area contributed by atoms with Gasteiger partial charge in [-0.05, 0) is 12.8 Å². The SMILES string of the molecule is CCN(C(=O)OC)[C@@H](C(=O)O)C1C=CC=CC1C. The molecule has 0 saturated carbocycles. The van der Waals surface area contributed by atoms with Crippen molar-refractivity contribution < 1.29 is 19.4 Å². The second-order valence-corrected chi connectivity index (χ2v) is 4.25. The quantitative estimate of drug-likeness (QED) is 0.831. The zero-order valence-corrected chi connectivity index (χ0v) is 10.9. The van der Waals surface area contributed by atoms with E-state index in [0.717, 1.165) is 0 Å². The van der Waals surface area contributed by atoms with E-state index in [1.54, 1.807) is 6.92 Å². The lowest BCUT2D eigenvalue weighted by Gasteiger charge is -2.34. The van der Waals surface area contributed by atoms with E-state index in [9.17, 15) is 14.7 Å². The minimum absolute atomic E-state index is 0.0646. The van der Waals surface area contributed by atoms with Gasteiger partial charge in [-0.2, -0.15) is 0 Å². The highest BCUT2D eigenvalue weighted by Gasteiger charge is 2.37. The summed E-state index contributed by atoms with van der Waals surface area (Å²) < 4.78 is 4.64. The first-order valence-electron chi connectivity index (χ1n) is 5.95. The number of ether oxygens (including phenoxy) is 1. The standard InChI is InChI=1S/C13H19NO4/c1-4-14(13(17)18-3)11(12(15)16)10-8-6-5-7-9(10)2/h5-11H,4H2,1-3H3,(H,15,16)/t9?,10?,11-/m1/s1. The number of carboxylic acids is 1. The molecule has 1 rings (SSSR count). The monoisotopic (exact) mass is 253 g/mol. The van der Waals surface area contributed by atoms with Crippen molar-refractivity contribution in [2.24, 2.45) is 11.8 Å². The summed E-state index contributed by atoms with van der Waals surface area (Å²) in [5.74, 6) is -1.19. The third-order valence-corrected chi connectivity index (χ3v) is 3.17. The second kappa shape index (κ2) is 6.23. The fraction of sp³-hybridized carbons (Fsp3) is 0.538. The summed E-state index contributed by atoms with van der Waals surface area (Å²) >= 11 is 0. The van der Waals surface area contributed by atoms with Crippen LogP contribution in [0.2, 0.25) is 0 Å². The second-order valence-electron chi connectivity index (χ2n) is 4.25. The summed E-state index contributed by atoms with van der Waals surface area (Å²) in [5, 5.41) is 9.38. The van der Waals surface area contributed by atoms with Gasteiger partial charge in [-0.3, -0.25) is 4.90 Å². The largest absolute Gasteiger partial charge is 0.480 e. The first-order chi connectivity index (χ1) is 8.52. The number of allylic oxidation sites excluding steroid dienone is 3. The summed E-state index contributed by atoms with van der Waals surface area (Å²) in [7, 11) is 1.25. The minimum Gasteiger partial charge on any atom is -0.480 e. The number of hydrogen-bond acceptors (Lipinski definition) is 3. The van der Waals surface area contributed by atoms with Gasteiger partial charge in [0, 0.05) is 12.5 Å². The van der Waals surface area contributed by atoms with Gasteiger partial charge in [-0.15, -0.1) is 0 Å². The summed E-state index contributed by atoms with van der Waals surface area (Å²) in [6.07, 6.45) is 6.85. The molecule has 0 aromatic carbocycles. The molecule has 0 spiro atoms. The first-order valence-corrected chi connectivity index (χ1v) is 5.95. The molecule has 0 heterocycles. The molecule has 0 aliphatic heterocycles. The van der Waals surface area contributed by atoms with Gasteiger partial charge in [0.25, 0.3) is 0 Å². The number of carboxylic acid groups (broad SMARTS) is 1. The van der Waals surface area contributed by atoms with Gasteiger partial charge < -0.3 is 9.84 Å². The fourth-order valence-corrected chi connectivity index (χ4v) is 2.19. The Morgan fingerprint density at radius 2 is 2.00 bits per heavy atom. The molecular formula is C13H19NO4. The van der Waals surface area contributed by atoms with Crippen molar-refractivity contribution in [2.45, 2.75) is 19.9 Å². The summed E-state index contributed by atoms with van der Waals surface area (Å²) in [4.78, 5) is 24.3. The average Bonchev–Trinajstić information content (AvgIpc) is 2.35. The maximum absolute atomic E-state index is 11.6. The van der Waals surface area contributed by atoms with Crippen LogP contribution in [0.1, 0.15) is 13.8 Å². The van der Waals surface area contributed by atoms with E-state index in [1.807, 2.05) is 31.2 Å².